The van der Waals surface area contributed by atoms with Crippen LogP contribution in [0.4, 0.5) is 0 Å². The summed E-state index contributed by atoms with van der Waals surface area (Å²) in [5.74, 6) is 2.79. The average Bonchev–Trinajstić information content (AvgIpc) is 3.49. The predicted octanol–water partition coefficient (Wildman–Crippen LogP) is 3.53. The molecule has 132 valence electrons. The van der Waals surface area contributed by atoms with Crippen LogP contribution in [0.25, 0.3) is 11.3 Å². The molecule has 0 unspecified atom stereocenters. The van der Waals surface area contributed by atoms with Crippen molar-refractivity contribution in [3.05, 3.63) is 41.3 Å². The molecule has 0 bridgehead atoms. The quantitative estimate of drug-likeness (QED) is 0.837. The molecular formula is C21H27N3O. The van der Waals surface area contributed by atoms with Gasteiger partial charge in [0.05, 0.1) is 12.8 Å². The number of hydrogen-bond donors (Lipinski definition) is 0. The maximum atomic E-state index is 5.30. The summed E-state index contributed by atoms with van der Waals surface area (Å²) in [6.45, 7) is 5.66. The van der Waals surface area contributed by atoms with Gasteiger partial charge >= 0.3 is 0 Å². The second-order valence-electron chi connectivity index (χ2n) is 7.24. The number of hydrogen-bond acceptors (Lipinski definition) is 4. The van der Waals surface area contributed by atoms with Gasteiger partial charge < -0.3 is 9.64 Å². The van der Waals surface area contributed by atoms with Gasteiger partial charge in [0, 0.05) is 49.3 Å². The maximum Gasteiger partial charge on any atom is 0.129 e. The third-order valence-electron chi connectivity index (χ3n) is 5.37. The first-order chi connectivity index (χ1) is 12.3. The Hall–Kier alpha value is -1.94. The Balaban J connectivity index is 1.67. The van der Waals surface area contributed by atoms with Crippen molar-refractivity contribution in [3.8, 4) is 17.0 Å². The minimum atomic E-state index is 0.877. The van der Waals surface area contributed by atoms with Crippen LogP contribution >= 0.6 is 0 Å². The summed E-state index contributed by atoms with van der Waals surface area (Å²) in [7, 11) is 1.70. The maximum absolute atomic E-state index is 5.30. The van der Waals surface area contributed by atoms with Gasteiger partial charge in [-0.2, -0.15) is 0 Å². The zero-order valence-electron chi connectivity index (χ0n) is 15.3. The molecule has 2 heterocycles. The molecule has 0 spiro atoms. The fraction of sp³-hybridized carbons (Fsp3) is 0.524. The van der Waals surface area contributed by atoms with Crippen molar-refractivity contribution in [2.75, 3.05) is 26.7 Å². The Labute approximate surface area is 150 Å². The zero-order chi connectivity index (χ0) is 17.2. The molecule has 4 nitrogen and oxygen atoms in total. The average molecular weight is 337 g/mol. The van der Waals surface area contributed by atoms with Crippen LogP contribution in [0.15, 0.2) is 24.3 Å². The molecule has 1 aliphatic heterocycles. The van der Waals surface area contributed by atoms with Crippen LogP contribution in [0.2, 0.25) is 0 Å². The van der Waals surface area contributed by atoms with E-state index in [0.29, 0.717) is 0 Å². The minimum absolute atomic E-state index is 0.877. The lowest BCUT2D eigenvalue weighted by atomic mass is 10.0. The van der Waals surface area contributed by atoms with E-state index >= 15 is 0 Å². The smallest absolute Gasteiger partial charge is 0.129 e. The van der Waals surface area contributed by atoms with Gasteiger partial charge in [-0.25, -0.2) is 9.97 Å². The number of aromatic nitrogens is 2. The minimum Gasteiger partial charge on any atom is -0.497 e. The van der Waals surface area contributed by atoms with E-state index in [0.717, 1.165) is 55.5 Å². The highest BCUT2D eigenvalue weighted by molar-refractivity contribution is 5.65. The fourth-order valence-corrected chi connectivity index (χ4v) is 3.69. The number of methoxy groups -OCH3 is 1. The summed E-state index contributed by atoms with van der Waals surface area (Å²) in [4.78, 5) is 12.4. The van der Waals surface area contributed by atoms with Crippen molar-refractivity contribution in [2.24, 2.45) is 5.92 Å². The first kappa shape index (κ1) is 16.5. The van der Waals surface area contributed by atoms with Crippen molar-refractivity contribution in [1.82, 2.24) is 14.9 Å². The summed E-state index contributed by atoms with van der Waals surface area (Å²) in [6.07, 6.45) is 5.80. The molecule has 0 saturated heterocycles. The van der Waals surface area contributed by atoms with Crippen molar-refractivity contribution in [3.63, 3.8) is 0 Å². The van der Waals surface area contributed by atoms with Gasteiger partial charge in [-0.05, 0) is 49.4 Å². The number of benzene rings is 1. The standard InChI is InChI=1S/C21H27N3O/c1-3-20-22-19-11-13-24(14-15-4-5-15)12-10-18(19)21(23-20)16-6-8-17(25-2)9-7-16/h6-9,15H,3-5,10-14H2,1-2H3. The lowest BCUT2D eigenvalue weighted by Gasteiger charge is -2.18. The van der Waals surface area contributed by atoms with Gasteiger partial charge in [-0.1, -0.05) is 6.92 Å². The second kappa shape index (κ2) is 7.12. The van der Waals surface area contributed by atoms with Crippen LogP contribution < -0.4 is 4.74 Å². The van der Waals surface area contributed by atoms with Gasteiger partial charge in [-0.15, -0.1) is 0 Å². The lowest BCUT2D eigenvalue weighted by Crippen LogP contribution is -2.28. The van der Waals surface area contributed by atoms with E-state index in [9.17, 15) is 0 Å². The fourth-order valence-electron chi connectivity index (χ4n) is 3.69. The highest BCUT2D eigenvalue weighted by Crippen LogP contribution is 2.32. The zero-order valence-corrected chi connectivity index (χ0v) is 15.3. The SMILES string of the molecule is CCc1nc2c(c(-c3ccc(OC)cc3)n1)CCN(CC1CC1)CC2. The van der Waals surface area contributed by atoms with E-state index in [4.69, 9.17) is 14.7 Å². The number of nitrogens with zero attached hydrogens (tertiary/aromatic N) is 3. The molecule has 2 aromatic rings. The molecule has 1 aromatic heterocycles. The molecule has 1 aliphatic carbocycles. The van der Waals surface area contributed by atoms with Crippen molar-refractivity contribution >= 4 is 0 Å². The molecule has 1 aromatic carbocycles. The van der Waals surface area contributed by atoms with Crippen LogP contribution in [0.1, 0.15) is 36.8 Å². The number of aryl methyl sites for hydroxylation is 1. The summed E-state index contributed by atoms with van der Waals surface area (Å²) < 4.78 is 5.30. The van der Waals surface area contributed by atoms with Gasteiger partial charge in [-0.3, -0.25) is 0 Å². The number of ether oxygens (including phenoxy) is 1. The van der Waals surface area contributed by atoms with Crippen molar-refractivity contribution in [1.29, 1.82) is 0 Å². The highest BCUT2D eigenvalue weighted by Gasteiger charge is 2.26. The molecule has 0 radical (unpaired) electrons. The van der Waals surface area contributed by atoms with E-state index in [1.807, 2.05) is 12.1 Å². The van der Waals surface area contributed by atoms with Crippen LogP contribution in [0.5, 0.6) is 5.75 Å². The lowest BCUT2D eigenvalue weighted by molar-refractivity contribution is 0.275. The number of fused-ring (bicyclic) bond motifs is 1. The van der Waals surface area contributed by atoms with E-state index in [2.05, 4.69) is 24.0 Å². The summed E-state index contributed by atoms with van der Waals surface area (Å²) in [5, 5.41) is 0. The molecule has 4 heteroatoms. The first-order valence-corrected chi connectivity index (χ1v) is 9.52. The largest absolute Gasteiger partial charge is 0.497 e. The molecule has 4 rings (SSSR count). The molecule has 1 fully saturated rings. The summed E-state index contributed by atoms with van der Waals surface area (Å²) in [5.41, 5.74) is 4.90. The summed E-state index contributed by atoms with van der Waals surface area (Å²) in [6, 6.07) is 8.28. The van der Waals surface area contributed by atoms with Gasteiger partial charge in [0.1, 0.15) is 11.6 Å². The Bertz CT molecular complexity index is 738. The monoisotopic (exact) mass is 337 g/mol. The van der Waals surface area contributed by atoms with Gasteiger partial charge in [0.25, 0.3) is 0 Å². The molecular weight excluding hydrogens is 310 g/mol. The first-order valence-electron chi connectivity index (χ1n) is 9.52. The Morgan fingerprint density at radius 1 is 1.08 bits per heavy atom. The molecule has 1 saturated carbocycles. The van der Waals surface area contributed by atoms with E-state index in [-0.39, 0.29) is 0 Å². The Morgan fingerprint density at radius 3 is 2.52 bits per heavy atom. The number of rotatable bonds is 5. The Kier molecular flexibility index (Phi) is 4.71. The normalized spacial score (nSPS) is 17.8. The molecule has 0 amide bonds. The molecule has 0 N–H and O–H groups in total. The van der Waals surface area contributed by atoms with Gasteiger partial charge in [0.2, 0.25) is 0 Å². The highest BCUT2D eigenvalue weighted by atomic mass is 16.5. The summed E-state index contributed by atoms with van der Waals surface area (Å²) >= 11 is 0. The van der Waals surface area contributed by atoms with Gasteiger partial charge in [0.15, 0.2) is 0 Å². The van der Waals surface area contributed by atoms with Crippen molar-refractivity contribution in [2.45, 2.75) is 39.0 Å². The molecule has 25 heavy (non-hydrogen) atoms. The Morgan fingerprint density at radius 2 is 1.84 bits per heavy atom. The van der Waals surface area contributed by atoms with Crippen molar-refractivity contribution < 1.29 is 4.74 Å². The van der Waals surface area contributed by atoms with Crippen LogP contribution in [-0.2, 0) is 19.3 Å². The van der Waals surface area contributed by atoms with Crippen LogP contribution in [0, 0.1) is 5.92 Å². The van der Waals surface area contributed by atoms with E-state index in [1.54, 1.807) is 7.11 Å². The van der Waals surface area contributed by atoms with E-state index < -0.39 is 0 Å². The molecule has 2 aliphatic rings. The third kappa shape index (κ3) is 3.69. The topological polar surface area (TPSA) is 38.3 Å². The molecule has 0 atom stereocenters. The van der Waals surface area contributed by atoms with Crippen LogP contribution in [-0.4, -0.2) is 41.6 Å². The predicted molar refractivity (Wildman–Crippen MR) is 100.0 cm³/mol. The third-order valence-corrected chi connectivity index (χ3v) is 5.37. The van der Waals surface area contributed by atoms with E-state index in [1.165, 1.54) is 36.2 Å². The second-order valence-corrected chi connectivity index (χ2v) is 7.24. The van der Waals surface area contributed by atoms with Crippen LogP contribution in [0.3, 0.4) is 0 Å².